The lowest BCUT2D eigenvalue weighted by Gasteiger charge is -2.09. The smallest absolute Gasteiger partial charge is 0.263 e. The van der Waals surface area contributed by atoms with E-state index in [1.165, 1.54) is 31.4 Å². The number of rotatable bonds is 4. The number of methoxy groups -OCH3 is 1. The summed E-state index contributed by atoms with van der Waals surface area (Å²) in [6.45, 7) is 0. The number of halogens is 2. The molecule has 0 amide bonds. The molecule has 2 aromatic rings. The van der Waals surface area contributed by atoms with E-state index in [4.69, 9.17) is 16.3 Å². The van der Waals surface area contributed by atoms with Crippen molar-refractivity contribution in [3.05, 3.63) is 47.5 Å². The predicted molar refractivity (Wildman–Crippen MR) is 73.0 cm³/mol. The first-order valence-corrected chi connectivity index (χ1v) is 7.26. The van der Waals surface area contributed by atoms with Crippen LogP contribution in [0, 0.1) is 5.82 Å². The summed E-state index contributed by atoms with van der Waals surface area (Å²) in [5.41, 5.74) is 0.179. The van der Waals surface area contributed by atoms with Crippen LogP contribution in [0.5, 0.6) is 5.75 Å². The standard InChI is InChI=1S/C12H10ClFN2O3S/c1-19-11-6-8(2-4-10(11)14)16-20(17,18)9-3-5-12(13)15-7-9/h2-7,16H,1H3. The molecule has 0 saturated heterocycles. The zero-order chi connectivity index (χ0) is 14.8. The van der Waals surface area contributed by atoms with E-state index in [1.54, 1.807) is 0 Å². The summed E-state index contributed by atoms with van der Waals surface area (Å²) in [6, 6.07) is 6.32. The minimum Gasteiger partial charge on any atom is -0.494 e. The highest BCUT2D eigenvalue weighted by molar-refractivity contribution is 7.92. The third kappa shape index (κ3) is 3.17. The van der Waals surface area contributed by atoms with Crippen molar-refractivity contribution in [2.45, 2.75) is 4.90 Å². The topological polar surface area (TPSA) is 68.3 Å². The lowest BCUT2D eigenvalue weighted by Crippen LogP contribution is -2.13. The Morgan fingerprint density at radius 2 is 2.05 bits per heavy atom. The number of benzene rings is 1. The molecule has 0 unspecified atom stereocenters. The number of anilines is 1. The van der Waals surface area contributed by atoms with Crippen LogP contribution in [0.15, 0.2) is 41.4 Å². The Morgan fingerprint density at radius 3 is 2.65 bits per heavy atom. The van der Waals surface area contributed by atoms with Crippen LogP contribution in [0.4, 0.5) is 10.1 Å². The highest BCUT2D eigenvalue weighted by atomic mass is 35.5. The van der Waals surface area contributed by atoms with Crippen LogP contribution >= 0.6 is 11.6 Å². The summed E-state index contributed by atoms with van der Waals surface area (Å²) in [7, 11) is -2.53. The van der Waals surface area contributed by atoms with E-state index in [2.05, 4.69) is 9.71 Å². The molecule has 0 aliphatic heterocycles. The Morgan fingerprint density at radius 1 is 1.30 bits per heavy atom. The average molecular weight is 317 g/mol. The third-order valence-electron chi connectivity index (χ3n) is 2.41. The van der Waals surface area contributed by atoms with Gasteiger partial charge in [0.05, 0.1) is 12.8 Å². The monoisotopic (exact) mass is 316 g/mol. The SMILES string of the molecule is COc1cc(NS(=O)(=O)c2ccc(Cl)nc2)ccc1F. The van der Waals surface area contributed by atoms with Crippen LogP contribution in [0.25, 0.3) is 0 Å². The van der Waals surface area contributed by atoms with E-state index >= 15 is 0 Å². The molecule has 5 nitrogen and oxygen atoms in total. The van der Waals surface area contributed by atoms with Gasteiger partial charge in [-0.3, -0.25) is 4.72 Å². The van der Waals surface area contributed by atoms with Crippen molar-refractivity contribution in [2.75, 3.05) is 11.8 Å². The Kier molecular flexibility index (Phi) is 4.10. The van der Waals surface area contributed by atoms with Crippen LogP contribution in [0.1, 0.15) is 0 Å². The van der Waals surface area contributed by atoms with Gasteiger partial charge in [0.15, 0.2) is 11.6 Å². The van der Waals surface area contributed by atoms with E-state index in [-0.39, 0.29) is 21.5 Å². The summed E-state index contributed by atoms with van der Waals surface area (Å²) in [6.07, 6.45) is 1.13. The van der Waals surface area contributed by atoms with Gasteiger partial charge >= 0.3 is 0 Å². The summed E-state index contributed by atoms with van der Waals surface area (Å²) in [5, 5.41) is 0.187. The van der Waals surface area contributed by atoms with Gasteiger partial charge in [-0.2, -0.15) is 0 Å². The molecule has 0 aliphatic rings. The van der Waals surface area contributed by atoms with Crippen LogP contribution in [-0.4, -0.2) is 20.5 Å². The predicted octanol–water partition coefficient (Wildman–Crippen LogP) is 2.68. The fourth-order valence-corrected chi connectivity index (χ4v) is 2.56. The van der Waals surface area contributed by atoms with Gasteiger partial charge in [-0.25, -0.2) is 17.8 Å². The summed E-state index contributed by atoms with van der Waals surface area (Å²) < 4.78 is 44.5. The fourth-order valence-electron chi connectivity index (χ4n) is 1.46. The summed E-state index contributed by atoms with van der Waals surface area (Å²) in [4.78, 5) is 3.65. The highest BCUT2D eigenvalue weighted by Crippen LogP contribution is 2.23. The molecular formula is C12H10ClFN2O3S. The van der Waals surface area contributed by atoms with Crippen LogP contribution in [0.3, 0.4) is 0 Å². The van der Waals surface area contributed by atoms with E-state index in [9.17, 15) is 12.8 Å². The maximum atomic E-state index is 13.2. The Labute approximate surface area is 120 Å². The fraction of sp³-hybridized carbons (Fsp3) is 0.0833. The van der Waals surface area contributed by atoms with Crippen molar-refractivity contribution in [3.63, 3.8) is 0 Å². The van der Waals surface area contributed by atoms with Gasteiger partial charge in [-0.05, 0) is 24.3 Å². The second kappa shape index (κ2) is 5.64. The van der Waals surface area contributed by atoms with Crippen molar-refractivity contribution < 1.29 is 17.5 Å². The number of nitrogens with one attached hydrogen (secondary N) is 1. The van der Waals surface area contributed by atoms with E-state index in [1.807, 2.05) is 0 Å². The molecule has 0 aliphatic carbocycles. The third-order valence-corrected chi connectivity index (χ3v) is 4.00. The number of nitrogens with zero attached hydrogens (tertiary/aromatic N) is 1. The lowest BCUT2D eigenvalue weighted by molar-refractivity contribution is 0.387. The first kappa shape index (κ1) is 14.5. The number of sulfonamides is 1. The van der Waals surface area contributed by atoms with Crippen LogP contribution in [0.2, 0.25) is 5.15 Å². The maximum Gasteiger partial charge on any atom is 0.263 e. The second-order valence-corrected chi connectivity index (χ2v) is 5.84. The number of hydrogen-bond acceptors (Lipinski definition) is 4. The van der Waals surface area contributed by atoms with Gasteiger partial charge in [0.1, 0.15) is 10.0 Å². The minimum atomic E-state index is -3.82. The Hall–Kier alpha value is -1.86. The van der Waals surface area contributed by atoms with Gasteiger partial charge in [0.2, 0.25) is 0 Å². The number of hydrogen-bond donors (Lipinski definition) is 1. The molecule has 0 atom stereocenters. The number of ether oxygens (including phenoxy) is 1. The molecule has 0 radical (unpaired) electrons. The van der Waals surface area contributed by atoms with Crippen molar-refractivity contribution in [3.8, 4) is 5.75 Å². The zero-order valence-corrected chi connectivity index (χ0v) is 11.9. The van der Waals surface area contributed by atoms with Gasteiger partial charge in [0.25, 0.3) is 10.0 Å². The van der Waals surface area contributed by atoms with Crippen molar-refractivity contribution >= 4 is 27.3 Å². The van der Waals surface area contributed by atoms with Crippen molar-refractivity contribution in [1.29, 1.82) is 0 Å². The molecule has 20 heavy (non-hydrogen) atoms. The van der Waals surface area contributed by atoms with Gasteiger partial charge in [0, 0.05) is 12.3 Å². The molecule has 0 saturated carbocycles. The van der Waals surface area contributed by atoms with Crippen LogP contribution in [-0.2, 0) is 10.0 Å². The summed E-state index contributed by atoms with van der Waals surface area (Å²) >= 11 is 5.59. The quantitative estimate of drug-likeness (QED) is 0.881. The van der Waals surface area contributed by atoms with E-state index in [0.29, 0.717) is 0 Å². The molecule has 0 spiro atoms. The maximum absolute atomic E-state index is 13.2. The molecule has 1 aromatic heterocycles. The molecular weight excluding hydrogens is 307 g/mol. The molecule has 1 aromatic carbocycles. The minimum absolute atomic E-state index is 0.0507. The molecule has 1 N–H and O–H groups in total. The van der Waals surface area contributed by atoms with E-state index < -0.39 is 15.8 Å². The van der Waals surface area contributed by atoms with Crippen molar-refractivity contribution in [2.24, 2.45) is 0 Å². The molecule has 0 fully saturated rings. The molecule has 2 rings (SSSR count). The highest BCUT2D eigenvalue weighted by Gasteiger charge is 2.15. The molecule has 1 heterocycles. The molecule has 0 bridgehead atoms. The number of aromatic nitrogens is 1. The Bertz CT molecular complexity index is 720. The first-order valence-electron chi connectivity index (χ1n) is 5.40. The largest absolute Gasteiger partial charge is 0.494 e. The van der Waals surface area contributed by atoms with E-state index in [0.717, 1.165) is 12.3 Å². The van der Waals surface area contributed by atoms with Crippen LogP contribution < -0.4 is 9.46 Å². The van der Waals surface area contributed by atoms with Gasteiger partial charge < -0.3 is 4.74 Å². The average Bonchev–Trinajstić information content (AvgIpc) is 2.41. The first-order chi connectivity index (χ1) is 9.42. The number of pyridine rings is 1. The second-order valence-electron chi connectivity index (χ2n) is 3.77. The molecule has 106 valence electrons. The lowest BCUT2D eigenvalue weighted by atomic mass is 10.3. The van der Waals surface area contributed by atoms with Crippen molar-refractivity contribution in [1.82, 2.24) is 4.98 Å². The Balaban J connectivity index is 2.30. The molecule has 8 heteroatoms. The summed E-state index contributed by atoms with van der Waals surface area (Å²) in [5.74, 6) is -0.636. The van der Waals surface area contributed by atoms with Gasteiger partial charge in [-0.15, -0.1) is 0 Å². The zero-order valence-electron chi connectivity index (χ0n) is 10.3. The normalized spacial score (nSPS) is 11.2. The van der Waals surface area contributed by atoms with Gasteiger partial charge in [-0.1, -0.05) is 11.6 Å².